The molecule has 0 aliphatic carbocycles. The maximum Gasteiger partial charge on any atom is 0.255 e. The van der Waals surface area contributed by atoms with Gasteiger partial charge < -0.3 is 42.1 Å². The molecule has 39 heavy (non-hydrogen) atoms. The number of aliphatic hydroxyl groups excluding tert-OH is 1. The minimum absolute atomic E-state index is 0.0956. The SMILES string of the molecule is Cc1ccc(C(=O)Nc2ccc(Nc3nc(N4CCCC(O)C4)nc(N4C[C@H](N)C[C@H](N)C4)n3)cc2O)cc1. The number of aromatic hydroxyl groups is 1. The monoisotopic (exact) mass is 533 g/mol. The molecule has 0 saturated carbocycles. The molecule has 12 heteroatoms. The average molecular weight is 534 g/mol. The highest BCUT2D eigenvalue weighted by atomic mass is 16.3. The Bertz CT molecular complexity index is 1310. The number of piperidine rings is 2. The van der Waals surface area contributed by atoms with Crippen molar-refractivity contribution in [1.82, 2.24) is 15.0 Å². The van der Waals surface area contributed by atoms with Crippen LogP contribution in [0.2, 0.25) is 0 Å². The predicted molar refractivity (Wildman–Crippen MR) is 151 cm³/mol. The summed E-state index contributed by atoms with van der Waals surface area (Å²) >= 11 is 0. The molecule has 206 valence electrons. The fourth-order valence-electron chi connectivity index (χ4n) is 4.91. The van der Waals surface area contributed by atoms with Crippen molar-refractivity contribution in [2.75, 3.05) is 46.6 Å². The van der Waals surface area contributed by atoms with Gasteiger partial charge >= 0.3 is 0 Å². The quantitative estimate of drug-likeness (QED) is 0.254. The molecule has 12 nitrogen and oxygen atoms in total. The Morgan fingerprint density at radius 2 is 1.67 bits per heavy atom. The molecule has 2 fully saturated rings. The van der Waals surface area contributed by atoms with Gasteiger partial charge in [-0.1, -0.05) is 17.7 Å². The highest BCUT2D eigenvalue weighted by Crippen LogP contribution is 2.30. The number of β-amino-alcohol motifs (C(OH)–C–C–N with tert-alkyl or cyclic N) is 1. The van der Waals surface area contributed by atoms with Gasteiger partial charge in [0.25, 0.3) is 5.91 Å². The van der Waals surface area contributed by atoms with E-state index < -0.39 is 6.10 Å². The number of aromatic nitrogens is 3. The average Bonchev–Trinajstić information content (AvgIpc) is 2.90. The molecule has 2 saturated heterocycles. The number of nitrogens with one attached hydrogen (secondary N) is 2. The van der Waals surface area contributed by atoms with Crippen LogP contribution in [0.1, 0.15) is 35.2 Å². The molecule has 3 aromatic rings. The standard InChI is InChI=1S/C27H35N9O3/c1-16-4-6-17(7-5-16)24(39)31-22-9-8-20(12-23(22)38)30-25-32-26(35-10-2-3-21(37)15-35)34-27(33-25)36-13-18(28)11-19(29)14-36/h4-9,12,18-19,21,37-38H,2-3,10-11,13-15,28-29H2,1H3,(H,31,39)(H,30,32,33,34)/t18-,19+,21?. The van der Waals surface area contributed by atoms with Crippen molar-refractivity contribution in [3.63, 3.8) is 0 Å². The molecule has 2 aliphatic rings. The highest BCUT2D eigenvalue weighted by molar-refractivity contribution is 6.05. The van der Waals surface area contributed by atoms with E-state index in [0.29, 0.717) is 42.8 Å². The normalized spacial score (nSPS) is 21.5. The van der Waals surface area contributed by atoms with Crippen molar-refractivity contribution >= 4 is 35.1 Å². The molecule has 0 radical (unpaired) electrons. The van der Waals surface area contributed by atoms with Crippen LogP contribution in [-0.2, 0) is 0 Å². The minimum atomic E-state index is -0.452. The van der Waals surface area contributed by atoms with Crippen LogP contribution in [-0.4, -0.2) is 75.4 Å². The lowest BCUT2D eigenvalue weighted by Crippen LogP contribution is -2.53. The third-order valence-electron chi connectivity index (χ3n) is 6.91. The molecule has 8 N–H and O–H groups in total. The van der Waals surface area contributed by atoms with Crippen molar-refractivity contribution in [3.05, 3.63) is 53.6 Å². The van der Waals surface area contributed by atoms with E-state index in [9.17, 15) is 15.0 Å². The number of rotatable bonds is 6. The first-order chi connectivity index (χ1) is 18.7. The van der Waals surface area contributed by atoms with Gasteiger partial charge in [0, 0.05) is 55.6 Å². The van der Waals surface area contributed by atoms with E-state index in [1.54, 1.807) is 24.3 Å². The van der Waals surface area contributed by atoms with Gasteiger partial charge in [0.05, 0.1) is 11.8 Å². The number of nitrogens with zero attached hydrogens (tertiary/aromatic N) is 5. The molecule has 1 aromatic heterocycles. The second kappa shape index (κ2) is 11.4. The molecule has 5 rings (SSSR count). The summed E-state index contributed by atoms with van der Waals surface area (Å²) in [4.78, 5) is 30.4. The third-order valence-corrected chi connectivity index (χ3v) is 6.91. The first-order valence-corrected chi connectivity index (χ1v) is 13.2. The first-order valence-electron chi connectivity index (χ1n) is 13.2. The van der Waals surface area contributed by atoms with Crippen LogP contribution in [0, 0.1) is 6.92 Å². The van der Waals surface area contributed by atoms with Crippen LogP contribution in [0.25, 0.3) is 0 Å². The Labute approximate surface area is 227 Å². The Morgan fingerprint density at radius 3 is 2.33 bits per heavy atom. The summed E-state index contributed by atoms with van der Waals surface area (Å²) in [6.07, 6.45) is 1.84. The molecule has 1 amide bonds. The molecule has 1 unspecified atom stereocenters. The van der Waals surface area contributed by atoms with E-state index in [1.807, 2.05) is 28.9 Å². The Hall–Kier alpha value is -4.00. The van der Waals surface area contributed by atoms with Crippen molar-refractivity contribution in [1.29, 1.82) is 0 Å². The van der Waals surface area contributed by atoms with Crippen molar-refractivity contribution in [2.24, 2.45) is 11.5 Å². The molecule has 0 bridgehead atoms. The summed E-state index contributed by atoms with van der Waals surface area (Å²) in [5, 5.41) is 26.7. The Balaban J connectivity index is 1.38. The Kier molecular flexibility index (Phi) is 7.77. The summed E-state index contributed by atoms with van der Waals surface area (Å²) in [5.41, 5.74) is 14.8. The molecule has 3 atom stereocenters. The summed E-state index contributed by atoms with van der Waals surface area (Å²) < 4.78 is 0. The molecule has 2 aromatic carbocycles. The number of aliphatic hydroxyl groups is 1. The largest absolute Gasteiger partial charge is 0.506 e. The Morgan fingerprint density at radius 1 is 0.974 bits per heavy atom. The number of benzene rings is 2. The number of nitrogens with two attached hydrogens (primary N) is 2. The zero-order valence-corrected chi connectivity index (χ0v) is 21.9. The number of anilines is 5. The van der Waals surface area contributed by atoms with Crippen LogP contribution < -0.4 is 31.9 Å². The van der Waals surface area contributed by atoms with Crippen molar-refractivity contribution in [3.8, 4) is 5.75 Å². The van der Waals surface area contributed by atoms with E-state index in [2.05, 4.69) is 20.6 Å². The van der Waals surface area contributed by atoms with Gasteiger partial charge in [-0.05, 0) is 50.5 Å². The lowest BCUT2D eigenvalue weighted by Gasteiger charge is -2.35. The minimum Gasteiger partial charge on any atom is -0.506 e. The summed E-state index contributed by atoms with van der Waals surface area (Å²) in [6.45, 7) is 4.22. The topological polar surface area (TPSA) is 179 Å². The highest BCUT2D eigenvalue weighted by Gasteiger charge is 2.27. The molecule has 2 aliphatic heterocycles. The van der Waals surface area contributed by atoms with E-state index in [1.165, 1.54) is 6.07 Å². The van der Waals surface area contributed by atoms with Crippen LogP contribution in [0.4, 0.5) is 29.2 Å². The van der Waals surface area contributed by atoms with Gasteiger partial charge in [0.2, 0.25) is 17.8 Å². The van der Waals surface area contributed by atoms with Gasteiger partial charge in [0.1, 0.15) is 5.75 Å². The lowest BCUT2D eigenvalue weighted by molar-refractivity contribution is 0.102. The number of hydrogen-bond donors (Lipinski definition) is 6. The van der Waals surface area contributed by atoms with Gasteiger partial charge in [-0.3, -0.25) is 4.79 Å². The predicted octanol–water partition coefficient (Wildman–Crippen LogP) is 1.71. The smallest absolute Gasteiger partial charge is 0.255 e. The number of amides is 1. The molecular formula is C27H35N9O3. The lowest BCUT2D eigenvalue weighted by atomic mass is 10.0. The fraction of sp³-hybridized carbons (Fsp3) is 0.407. The molecular weight excluding hydrogens is 498 g/mol. The molecule has 3 heterocycles. The number of phenolic OH excluding ortho intramolecular Hbond substituents is 1. The van der Waals surface area contributed by atoms with E-state index in [-0.39, 0.29) is 35.4 Å². The number of aryl methyl sites for hydroxylation is 1. The second-order valence-electron chi connectivity index (χ2n) is 10.3. The fourth-order valence-corrected chi connectivity index (χ4v) is 4.91. The van der Waals surface area contributed by atoms with E-state index in [4.69, 9.17) is 16.5 Å². The maximum absolute atomic E-state index is 12.6. The van der Waals surface area contributed by atoms with Crippen LogP contribution >= 0.6 is 0 Å². The van der Waals surface area contributed by atoms with E-state index >= 15 is 0 Å². The van der Waals surface area contributed by atoms with Crippen LogP contribution in [0.15, 0.2) is 42.5 Å². The number of hydrogen-bond acceptors (Lipinski definition) is 11. The third kappa shape index (κ3) is 6.53. The van der Waals surface area contributed by atoms with Gasteiger partial charge in [-0.2, -0.15) is 15.0 Å². The molecule has 0 spiro atoms. The summed E-state index contributed by atoms with van der Waals surface area (Å²) in [5.74, 6) is 0.736. The van der Waals surface area contributed by atoms with Crippen LogP contribution in [0.5, 0.6) is 5.75 Å². The van der Waals surface area contributed by atoms with Crippen molar-refractivity contribution in [2.45, 2.75) is 44.4 Å². The second-order valence-corrected chi connectivity index (χ2v) is 10.3. The van der Waals surface area contributed by atoms with Gasteiger partial charge in [0.15, 0.2) is 0 Å². The van der Waals surface area contributed by atoms with E-state index in [0.717, 1.165) is 31.4 Å². The summed E-state index contributed by atoms with van der Waals surface area (Å²) in [6, 6.07) is 11.8. The zero-order chi connectivity index (χ0) is 27.5. The maximum atomic E-state index is 12.6. The van der Waals surface area contributed by atoms with Gasteiger partial charge in [-0.15, -0.1) is 0 Å². The number of carbonyl (C=O) groups is 1. The van der Waals surface area contributed by atoms with Crippen molar-refractivity contribution < 1.29 is 15.0 Å². The zero-order valence-electron chi connectivity index (χ0n) is 21.9. The number of phenols is 1. The van der Waals surface area contributed by atoms with Crippen LogP contribution in [0.3, 0.4) is 0 Å². The summed E-state index contributed by atoms with van der Waals surface area (Å²) in [7, 11) is 0. The number of carbonyl (C=O) groups excluding carboxylic acids is 1. The van der Waals surface area contributed by atoms with Gasteiger partial charge in [-0.25, -0.2) is 0 Å². The first kappa shape index (κ1) is 26.6.